The van der Waals surface area contributed by atoms with Gasteiger partial charge in [-0.1, -0.05) is 84.0 Å². The molecule has 0 unspecified atom stereocenters. The zero-order valence-corrected chi connectivity index (χ0v) is 24.3. The van der Waals surface area contributed by atoms with E-state index in [9.17, 15) is 0 Å². The van der Waals surface area contributed by atoms with Crippen molar-refractivity contribution in [2.45, 2.75) is 72.1 Å². The Morgan fingerprint density at radius 1 is 0.667 bits per heavy atom. The number of hydrogen-bond donors (Lipinski definition) is 0. The molecule has 0 saturated heterocycles. The van der Waals surface area contributed by atoms with Crippen LogP contribution < -0.4 is 26.2 Å². The summed E-state index contributed by atoms with van der Waals surface area (Å²) in [5, 5.41) is 0. The summed E-state index contributed by atoms with van der Waals surface area (Å²) in [4.78, 5) is 5.25. The fraction of sp³-hybridized carbons (Fsp3) is 0.333. The molecule has 0 amide bonds. The maximum Gasteiger partial charge on any atom is 0.252 e. The average Bonchev–Trinajstić information content (AvgIpc) is 2.94. The quantitative estimate of drug-likeness (QED) is 0.228. The second-order valence-electron chi connectivity index (χ2n) is 12.7. The van der Waals surface area contributed by atoms with Crippen LogP contribution in [0.5, 0.6) is 0 Å². The summed E-state index contributed by atoms with van der Waals surface area (Å²) >= 11 is 0. The van der Waals surface area contributed by atoms with E-state index < -0.39 is 0 Å². The first-order valence-corrected chi connectivity index (χ1v) is 14.9. The number of nitrogens with zero attached hydrogens (tertiary/aromatic N) is 2. The smallest absolute Gasteiger partial charge is 0.252 e. The predicted molar refractivity (Wildman–Crippen MR) is 170 cm³/mol. The highest BCUT2D eigenvalue weighted by molar-refractivity contribution is 7.00. The lowest BCUT2D eigenvalue weighted by Crippen LogP contribution is -2.62. The lowest BCUT2D eigenvalue weighted by Gasteiger charge is -2.47. The Bertz CT molecular complexity index is 1580. The molecule has 3 aliphatic rings. The second kappa shape index (κ2) is 9.05. The van der Waals surface area contributed by atoms with Crippen LogP contribution in [-0.4, -0.2) is 13.3 Å². The summed E-state index contributed by atoms with van der Waals surface area (Å²) in [5.74, 6) is 1.47. The number of hydrogen-bond acceptors (Lipinski definition) is 2. The maximum atomic E-state index is 2.69. The van der Waals surface area contributed by atoms with Crippen molar-refractivity contribution >= 4 is 51.5 Å². The van der Waals surface area contributed by atoms with Crippen molar-refractivity contribution in [1.82, 2.24) is 0 Å². The highest BCUT2D eigenvalue weighted by atomic mass is 15.2. The molecule has 0 bridgehead atoms. The second-order valence-corrected chi connectivity index (χ2v) is 12.7. The minimum absolute atomic E-state index is 0.247. The largest absolute Gasteiger partial charge is 0.342 e. The van der Waals surface area contributed by atoms with Crippen molar-refractivity contribution in [3.05, 3.63) is 95.1 Å². The Morgan fingerprint density at radius 2 is 1.36 bits per heavy atom. The lowest BCUT2D eigenvalue weighted by molar-refractivity contribution is 0.741. The number of anilines is 5. The summed E-state index contributed by atoms with van der Waals surface area (Å²) < 4.78 is 0. The van der Waals surface area contributed by atoms with Gasteiger partial charge in [-0.15, -0.1) is 0 Å². The van der Waals surface area contributed by atoms with Gasteiger partial charge in [0.25, 0.3) is 6.71 Å². The van der Waals surface area contributed by atoms with Gasteiger partial charge in [0.15, 0.2) is 0 Å². The molecule has 0 spiro atoms. The van der Waals surface area contributed by atoms with Crippen molar-refractivity contribution in [3.63, 3.8) is 0 Å². The fourth-order valence-electron chi connectivity index (χ4n) is 7.29. The zero-order valence-electron chi connectivity index (χ0n) is 24.3. The number of fused-ring (bicyclic) bond motifs is 4. The normalized spacial score (nSPS) is 15.2. The standard InChI is InChI=1S/C36H39BN2/c1-22(2)25-14-16-30-32(19-25)39(27-11-8-7-9-12-27)34-21-26(23(3)4)20-33-35(34)37(30)31-17-15-28(24(5)6)29-13-10-18-38(33)36(29)31/h7-9,11-12,14-17,19-24H,10,13,18H2,1-6H3. The van der Waals surface area contributed by atoms with Crippen LogP contribution in [-0.2, 0) is 6.42 Å². The molecule has 4 aromatic rings. The highest BCUT2D eigenvalue weighted by Gasteiger charge is 2.44. The van der Waals surface area contributed by atoms with Gasteiger partial charge in [0, 0.05) is 35.0 Å². The monoisotopic (exact) mass is 510 g/mol. The molecule has 39 heavy (non-hydrogen) atoms. The first-order chi connectivity index (χ1) is 18.8. The van der Waals surface area contributed by atoms with Crippen LogP contribution in [0.3, 0.4) is 0 Å². The summed E-state index contributed by atoms with van der Waals surface area (Å²) in [6.45, 7) is 15.3. The molecule has 0 aliphatic carbocycles. The van der Waals surface area contributed by atoms with E-state index in [0.29, 0.717) is 17.8 Å². The maximum absolute atomic E-state index is 2.69. The van der Waals surface area contributed by atoms with Crippen LogP contribution in [0.1, 0.15) is 88.0 Å². The molecule has 196 valence electrons. The van der Waals surface area contributed by atoms with E-state index in [2.05, 4.69) is 124 Å². The topological polar surface area (TPSA) is 6.48 Å². The summed E-state index contributed by atoms with van der Waals surface area (Å²) in [6.07, 6.45) is 2.39. The van der Waals surface area contributed by atoms with E-state index in [-0.39, 0.29) is 6.71 Å². The van der Waals surface area contributed by atoms with Crippen LogP contribution in [0, 0.1) is 0 Å². The van der Waals surface area contributed by atoms with Crippen LogP contribution in [0.15, 0.2) is 72.8 Å². The Morgan fingerprint density at radius 3 is 2.08 bits per heavy atom. The molecule has 2 nitrogen and oxygen atoms in total. The van der Waals surface area contributed by atoms with Crippen molar-refractivity contribution in [3.8, 4) is 0 Å². The van der Waals surface area contributed by atoms with E-state index in [1.165, 1.54) is 74.4 Å². The molecule has 0 saturated carbocycles. The van der Waals surface area contributed by atoms with Crippen molar-refractivity contribution < 1.29 is 0 Å². The Balaban J connectivity index is 1.60. The SMILES string of the molecule is CC(C)c1ccc2c(c1)N(c1ccccc1)c1cc(C(C)C)cc3c1B2c1ccc(C(C)C)c2c1N3CCC2. The summed E-state index contributed by atoms with van der Waals surface area (Å²) in [7, 11) is 0. The zero-order chi connectivity index (χ0) is 27.0. The first kappa shape index (κ1) is 24.6. The van der Waals surface area contributed by atoms with Crippen LogP contribution in [0.4, 0.5) is 28.4 Å². The molecule has 7 rings (SSSR count). The third-order valence-electron chi connectivity index (χ3n) is 9.29. The molecule has 4 aromatic carbocycles. The lowest BCUT2D eigenvalue weighted by atomic mass is 9.33. The van der Waals surface area contributed by atoms with E-state index in [1.54, 1.807) is 5.56 Å². The van der Waals surface area contributed by atoms with E-state index in [4.69, 9.17) is 0 Å². The Labute approximate surface area is 234 Å². The molecule has 0 aromatic heterocycles. The minimum Gasteiger partial charge on any atom is -0.342 e. The number of para-hydroxylation sites is 1. The molecular weight excluding hydrogens is 471 g/mol. The van der Waals surface area contributed by atoms with Gasteiger partial charge in [-0.05, 0) is 99.6 Å². The van der Waals surface area contributed by atoms with Gasteiger partial charge in [-0.2, -0.15) is 0 Å². The third kappa shape index (κ3) is 3.62. The molecule has 3 heterocycles. The van der Waals surface area contributed by atoms with Gasteiger partial charge in [-0.3, -0.25) is 0 Å². The summed E-state index contributed by atoms with van der Waals surface area (Å²) in [5.41, 5.74) is 17.2. The summed E-state index contributed by atoms with van der Waals surface area (Å²) in [6, 6.07) is 28.2. The highest BCUT2D eigenvalue weighted by Crippen LogP contribution is 2.46. The minimum atomic E-state index is 0.247. The predicted octanol–water partition coefficient (Wildman–Crippen LogP) is 7.75. The fourth-order valence-corrected chi connectivity index (χ4v) is 7.29. The molecule has 3 aliphatic heterocycles. The Hall–Kier alpha value is -3.46. The van der Waals surface area contributed by atoms with Gasteiger partial charge >= 0.3 is 0 Å². The van der Waals surface area contributed by atoms with Crippen molar-refractivity contribution in [2.24, 2.45) is 0 Å². The van der Waals surface area contributed by atoms with Gasteiger partial charge in [0.05, 0.1) is 0 Å². The number of rotatable bonds is 4. The van der Waals surface area contributed by atoms with Crippen LogP contribution in [0.25, 0.3) is 0 Å². The molecule has 0 atom stereocenters. The van der Waals surface area contributed by atoms with Crippen molar-refractivity contribution in [2.75, 3.05) is 16.3 Å². The molecular formula is C36H39BN2. The van der Waals surface area contributed by atoms with E-state index in [1.807, 2.05) is 0 Å². The number of benzene rings is 4. The van der Waals surface area contributed by atoms with E-state index >= 15 is 0 Å². The van der Waals surface area contributed by atoms with Gasteiger partial charge in [-0.25, -0.2) is 0 Å². The Kier molecular flexibility index (Phi) is 5.70. The molecule has 0 N–H and O–H groups in total. The van der Waals surface area contributed by atoms with Gasteiger partial charge < -0.3 is 9.80 Å². The van der Waals surface area contributed by atoms with Crippen molar-refractivity contribution in [1.29, 1.82) is 0 Å². The first-order valence-electron chi connectivity index (χ1n) is 14.9. The average molecular weight is 511 g/mol. The molecule has 3 heteroatoms. The third-order valence-corrected chi connectivity index (χ3v) is 9.29. The molecule has 0 radical (unpaired) electrons. The molecule has 0 fully saturated rings. The van der Waals surface area contributed by atoms with E-state index in [0.717, 1.165) is 6.54 Å². The van der Waals surface area contributed by atoms with Crippen LogP contribution in [0.2, 0.25) is 0 Å². The van der Waals surface area contributed by atoms with Crippen LogP contribution >= 0.6 is 0 Å². The van der Waals surface area contributed by atoms with Gasteiger partial charge in [0.2, 0.25) is 0 Å². The van der Waals surface area contributed by atoms with Gasteiger partial charge in [0.1, 0.15) is 0 Å².